The number of hydrogen-bond donors (Lipinski definition) is 0. The van der Waals surface area contributed by atoms with Crippen molar-refractivity contribution in [2.45, 2.75) is 6.54 Å². The maximum Gasteiger partial charge on any atom is 0.260 e. The number of hydrogen-bond acceptors (Lipinski definition) is 0. The summed E-state index contributed by atoms with van der Waals surface area (Å²) in [5.41, 5.74) is 1.44. The Balaban J connectivity index is 1.97. The lowest BCUT2D eigenvalue weighted by atomic mass is 10.2. The first-order valence-electron chi connectivity index (χ1n) is 9.09. The molecule has 1 aliphatic rings. The van der Waals surface area contributed by atoms with Gasteiger partial charge in [0, 0.05) is 17.7 Å². The van der Waals surface area contributed by atoms with Gasteiger partial charge in [-0.2, -0.15) is 0 Å². The summed E-state index contributed by atoms with van der Waals surface area (Å²) in [4.78, 5) is 0. The van der Waals surface area contributed by atoms with Gasteiger partial charge in [-0.05, 0) is 15.6 Å². The van der Waals surface area contributed by atoms with Crippen molar-refractivity contribution in [2.24, 2.45) is 0 Å². The normalized spacial score (nSPS) is 14.3. The van der Waals surface area contributed by atoms with Gasteiger partial charge >= 0.3 is 0 Å². The smallest absolute Gasteiger partial charge is 0.202 e. The molecule has 3 aromatic carbocycles. The van der Waals surface area contributed by atoms with Crippen molar-refractivity contribution in [1.82, 2.24) is 0 Å². The second kappa shape index (κ2) is 6.08. The lowest BCUT2D eigenvalue weighted by Gasteiger charge is -2.35. The summed E-state index contributed by atoms with van der Waals surface area (Å²) in [5.74, 6) is 0. The highest BCUT2D eigenvalue weighted by atomic mass is 28.3. The lowest BCUT2D eigenvalue weighted by Crippen LogP contribution is -2.84. The molecule has 0 radical (unpaired) electrons. The van der Waals surface area contributed by atoms with Gasteiger partial charge in [-0.15, -0.1) is 0 Å². The van der Waals surface area contributed by atoms with Gasteiger partial charge in [-0.25, -0.2) is 4.57 Å². The van der Waals surface area contributed by atoms with E-state index in [1.807, 2.05) is 0 Å². The Labute approximate surface area is 155 Å². The largest absolute Gasteiger partial charge is 0.260 e. The SMILES string of the molecule is c1ccc([Si]2(c3ccccc3)c3ccccc3C[n+]3ccccc32)cc1. The Morgan fingerprint density at radius 2 is 1.15 bits per heavy atom. The number of fused-ring (bicyclic) bond motifs is 2. The molecular weight excluding hydrogens is 330 g/mol. The predicted molar refractivity (Wildman–Crippen MR) is 109 cm³/mol. The monoisotopic (exact) mass is 350 g/mol. The molecule has 0 saturated carbocycles. The summed E-state index contributed by atoms with van der Waals surface area (Å²) in [6, 6.07) is 37.9. The van der Waals surface area contributed by atoms with E-state index >= 15 is 0 Å². The second-order valence-electron chi connectivity index (χ2n) is 6.85. The Morgan fingerprint density at radius 1 is 0.577 bits per heavy atom. The van der Waals surface area contributed by atoms with Gasteiger partial charge in [0.2, 0.25) is 0 Å². The van der Waals surface area contributed by atoms with E-state index in [4.69, 9.17) is 0 Å². The summed E-state index contributed by atoms with van der Waals surface area (Å²) in [5, 5.41) is 5.86. The molecule has 1 aromatic heterocycles. The molecule has 4 aromatic rings. The van der Waals surface area contributed by atoms with Gasteiger partial charge < -0.3 is 0 Å². The molecule has 1 nitrogen and oxygen atoms in total. The molecule has 0 unspecified atom stereocenters. The summed E-state index contributed by atoms with van der Waals surface area (Å²) < 4.78 is 2.45. The number of aromatic nitrogens is 1. The molecule has 5 rings (SSSR count). The molecule has 2 heterocycles. The number of pyridine rings is 1. The fraction of sp³-hybridized carbons (Fsp3) is 0.0417. The summed E-state index contributed by atoms with van der Waals surface area (Å²) >= 11 is 0. The third kappa shape index (κ3) is 2.12. The second-order valence-corrected chi connectivity index (χ2v) is 10.6. The summed E-state index contributed by atoms with van der Waals surface area (Å²) in [6.45, 7) is 0.945. The molecular formula is C24H20NSi+. The van der Waals surface area contributed by atoms with E-state index < -0.39 is 8.07 Å². The summed E-state index contributed by atoms with van der Waals surface area (Å²) in [7, 11) is -2.31. The molecule has 0 N–H and O–H groups in total. The molecule has 0 atom stereocenters. The van der Waals surface area contributed by atoms with Crippen molar-refractivity contribution in [1.29, 1.82) is 0 Å². The molecule has 124 valence electrons. The van der Waals surface area contributed by atoms with E-state index in [2.05, 4.69) is 114 Å². The lowest BCUT2D eigenvalue weighted by molar-refractivity contribution is -0.672. The molecule has 0 saturated heterocycles. The van der Waals surface area contributed by atoms with E-state index in [9.17, 15) is 0 Å². The molecule has 26 heavy (non-hydrogen) atoms. The van der Waals surface area contributed by atoms with Crippen LogP contribution in [0.5, 0.6) is 0 Å². The minimum atomic E-state index is -2.31. The zero-order valence-electron chi connectivity index (χ0n) is 14.5. The highest BCUT2D eigenvalue weighted by Crippen LogP contribution is 2.13. The fourth-order valence-corrected chi connectivity index (χ4v) is 9.58. The Kier molecular flexibility index (Phi) is 3.58. The molecule has 0 bridgehead atoms. The van der Waals surface area contributed by atoms with Crippen LogP contribution >= 0.6 is 0 Å². The highest BCUT2D eigenvalue weighted by Gasteiger charge is 2.51. The summed E-state index contributed by atoms with van der Waals surface area (Å²) in [6.07, 6.45) is 2.24. The standard InChI is InChI=1S/C24H20NSi/c1-3-12-21(13-4-1)26(22-14-5-2-6-15-22)23-16-8-7-11-20(23)19-25-18-10-9-17-24(25)26/h1-18H,19H2/q+1. The Hall–Kier alpha value is -2.97. The van der Waals surface area contributed by atoms with E-state index in [-0.39, 0.29) is 0 Å². The van der Waals surface area contributed by atoms with E-state index in [0.29, 0.717) is 0 Å². The van der Waals surface area contributed by atoms with Crippen LogP contribution in [0.25, 0.3) is 0 Å². The number of rotatable bonds is 2. The molecule has 1 aliphatic heterocycles. The van der Waals surface area contributed by atoms with Gasteiger partial charge in [0.25, 0.3) is 8.07 Å². The molecule has 0 spiro atoms. The van der Waals surface area contributed by atoms with Gasteiger partial charge in [0.1, 0.15) is 0 Å². The van der Waals surface area contributed by atoms with E-state index in [0.717, 1.165) is 6.54 Å². The van der Waals surface area contributed by atoms with Crippen LogP contribution in [0.15, 0.2) is 109 Å². The van der Waals surface area contributed by atoms with Crippen molar-refractivity contribution in [3.63, 3.8) is 0 Å². The average Bonchev–Trinajstić information content (AvgIpc) is 2.73. The number of benzene rings is 3. The third-order valence-corrected chi connectivity index (χ3v) is 10.4. The minimum Gasteiger partial charge on any atom is -0.202 e. The first-order valence-corrected chi connectivity index (χ1v) is 11.1. The first-order chi connectivity index (χ1) is 12.9. The van der Waals surface area contributed by atoms with Crippen molar-refractivity contribution in [2.75, 3.05) is 0 Å². The Morgan fingerprint density at radius 3 is 1.85 bits per heavy atom. The van der Waals surface area contributed by atoms with Gasteiger partial charge in [0.15, 0.2) is 18.1 Å². The maximum atomic E-state index is 2.45. The van der Waals surface area contributed by atoms with Crippen molar-refractivity contribution < 1.29 is 4.57 Å². The Bertz CT molecular complexity index is 971. The van der Waals surface area contributed by atoms with Crippen molar-refractivity contribution in [3.8, 4) is 0 Å². The zero-order chi connectivity index (χ0) is 17.4. The zero-order valence-corrected chi connectivity index (χ0v) is 15.5. The van der Waals surface area contributed by atoms with Crippen LogP contribution in [-0.2, 0) is 6.54 Å². The van der Waals surface area contributed by atoms with Crippen LogP contribution in [-0.4, -0.2) is 8.07 Å². The topological polar surface area (TPSA) is 3.88 Å². The van der Waals surface area contributed by atoms with Crippen molar-refractivity contribution >= 4 is 29.0 Å². The molecule has 0 fully saturated rings. The van der Waals surface area contributed by atoms with Crippen LogP contribution in [0, 0.1) is 0 Å². The van der Waals surface area contributed by atoms with Gasteiger partial charge in [-0.3, -0.25) is 0 Å². The van der Waals surface area contributed by atoms with Gasteiger partial charge in [0.05, 0.1) is 0 Å². The van der Waals surface area contributed by atoms with Gasteiger partial charge in [-0.1, -0.05) is 91.0 Å². The molecule has 0 aliphatic carbocycles. The minimum absolute atomic E-state index is 0.945. The van der Waals surface area contributed by atoms with Crippen LogP contribution in [0.4, 0.5) is 0 Å². The van der Waals surface area contributed by atoms with Crippen LogP contribution in [0.1, 0.15) is 5.56 Å². The van der Waals surface area contributed by atoms with Crippen molar-refractivity contribution in [3.05, 3.63) is 115 Å². The number of nitrogens with zero attached hydrogens (tertiary/aromatic N) is 1. The third-order valence-electron chi connectivity index (χ3n) is 5.50. The van der Waals surface area contributed by atoms with Crippen LogP contribution in [0.2, 0.25) is 0 Å². The molecule has 2 heteroatoms. The first kappa shape index (κ1) is 15.3. The maximum absolute atomic E-state index is 2.45. The van der Waals surface area contributed by atoms with Crippen LogP contribution in [0.3, 0.4) is 0 Å². The molecule has 0 amide bonds. The quantitative estimate of drug-likeness (QED) is 0.337. The highest BCUT2D eigenvalue weighted by molar-refractivity contribution is 7.19. The average molecular weight is 351 g/mol. The fourth-order valence-electron chi connectivity index (χ4n) is 4.45. The predicted octanol–water partition coefficient (Wildman–Crippen LogP) is 1.71. The van der Waals surface area contributed by atoms with E-state index in [1.165, 1.54) is 26.4 Å². The van der Waals surface area contributed by atoms with Crippen LogP contribution < -0.4 is 25.4 Å². The van der Waals surface area contributed by atoms with E-state index in [1.54, 1.807) is 0 Å².